The van der Waals surface area contributed by atoms with Gasteiger partial charge in [-0.2, -0.15) is 19.6 Å². The third kappa shape index (κ3) is 2.55. The standard InChI is InChI=1S/C14H14ClN5O/c1-14(8-21,10-5-3-2-4-6-10)19-12-7-11(15)18-13-16-9-17-20(12)13/h2-7,9,19,21H,8H2,1H3. The zero-order chi connectivity index (χ0) is 14.9. The Labute approximate surface area is 126 Å². The number of rotatable bonds is 4. The fourth-order valence-electron chi connectivity index (χ4n) is 2.16. The molecule has 21 heavy (non-hydrogen) atoms. The summed E-state index contributed by atoms with van der Waals surface area (Å²) in [4.78, 5) is 8.10. The number of fused-ring (bicyclic) bond motifs is 1. The molecule has 0 radical (unpaired) electrons. The molecule has 6 nitrogen and oxygen atoms in total. The fraction of sp³-hybridized carbons (Fsp3) is 0.214. The first kappa shape index (κ1) is 13.8. The third-order valence-electron chi connectivity index (χ3n) is 3.35. The minimum atomic E-state index is -0.676. The van der Waals surface area contributed by atoms with E-state index in [0.717, 1.165) is 5.56 Å². The quantitative estimate of drug-likeness (QED) is 0.722. The van der Waals surface area contributed by atoms with Gasteiger partial charge in [-0.1, -0.05) is 41.9 Å². The molecule has 2 aromatic heterocycles. The zero-order valence-electron chi connectivity index (χ0n) is 11.4. The highest BCUT2D eigenvalue weighted by molar-refractivity contribution is 6.29. The predicted molar refractivity (Wildman–Crippen MR) is 80.3 cm³/mol. The third-order valence-corrected chi connectivity index (χ3v) is 3.55. The van der Waals surface area contributed by atoms with Gasteiger partial charge in [-0.3, -0.25) is 0 Å². The first-order chi connectivity index (χ1) is 10.1. The second kappa shape index (κ2) is 5.31. The molecule has 0 aliphatic heterocycles. The predicted octanol–water partition coefficient (Wildman–Crippen LogP) is 2.10. The van der Waals surface area contributed by atoms with Crippen LogP contribution in [0.2, 0.25) is 5.15 Å². The molecule has 1 unspecified atom stereocenters. The van der Waals surface area contributed by atoms with E-state index in [1.54, 1.807) is 10.6 Å². The van der Waals surface area contributed by atoms with E-state index in [2.05, 4.69) is 20.4 Å². The SMILES string of the molecule is CC(CO)(Nc1cc(Cl)nc2ncnn12)c1ccccc1. The number of hydrogen-bond donors (Lipinski definition) is 2. The summed E-state index contributed by atoms with van der Waals surface area (Å²) in [7, 11) is 0. The lowest BCUT2D eigenvalue weighted by Gasteiger charge is -2.30. The fourth-order valence-corrected chi connectivity index (χ4v) is 2.34. The molecule has 0 bridgehead atoms. The second-order valence-corrected chi connectivity index (χ2v) is 5.30. The van der Waals surface area contributed by atoms with Crippen LogP contribution in [0.4, 0.5) is 5.82 Å². The Kier molecular flexibility index (Phi) is 3.48. The molecule has 3 aromatic rings. The molecule has 0 aliphatic carbocycles. The molecule has 1 atom stereocenters. The van der Waals surface area contributed by atoms with Crippen LogP contribution in [0.5, 0.6) is 0 Å². The lowest BCUT2D eigenvalue weighted by atomic mass is 9.93. The van der Waals surface area contributed by atoms with E-state index >= 15 is 0 Å². The van der Waals surface area contributed by atoms with Gasteiger partial charge in [-0.05, 0) is 12.5 Å². The largest absolute Gasteiger partial charge is 0.394 e. The van der Waals surface area contributed by atoms with Crippen molar-refractivity contribution >= 4 is 23.2 Å². The van der Waals surface area contributed by atoms with Gasteiger partial charge in [0.15, 0.2) is 0 Å². The first-order valence-corrected chi connectivity index (χ1v) is 6.81. The van der Waals surface area contributed by atoms with Crippen LogP contribution in [0.15, 0.2) is 42.7 Å². The second-order valence-electron chi connectivity index (χ2n) is 4.92. The molecule has 0 amide bonds. The van der Waals surface area contributed by atoms with Gasteiger partial charge in [0.2, 0.25) is 0 Å². The maximum Gasteiger partial charge on any atom is 0.255 e. The summed E-state index contributed by atoms with van der Waals surface area (Å²) in [5.41, 5.74) is 0.277. The zero-order valence-corrected chi connectivity index (χ0v) is 12.1. The monoisotopic (exact) mass is 303 g/mol. The van der Waals surface area contributed by atoms with Crippen LogP contribution in [0.1, 0.15) is 12.5 Å². The topological polar surface area (TPSA) is 75.3 Å². The van der Waals surface area contributed by atoms with E-state index in [1.165, 1.54) is 6.33 Å². The summed E-state index contributed by atoms with van der Waals surface area (Å²) in [5.74, 6) is 1.02. The van der Waals surface area contributed by atoms with E-state index in [0.29, 0.717) is 16.7 Å². The molecule has 0 spiro atoms. The first-order valence-electron chi connectivity index (χ1n) is 6.43. The van der Waals surface area contributed by atoms with Crippen LogP contribution in [0.3, 0.4) is 0 Å². The van der Waals surface area contributed by atoms with Crippen molar-refractivity contribution in [2.75, 3.05) is 11.9 Å². The van der Waals surface area contributed by atoms with Crippen molar-refractivity contribution in [1.82, 2.24) is 19.6 Å². The van der Waals surface area contributed by atoms with Crippen molar-refractivity contribution in [3.63, 3.8) is 0 Å². The highest BCUT2D eigenvalue weighted by Gasteiger charge is 2.26. The normalized spacial score (nSPS) is 14.0. The molecule has 7 heteroatoms. The molecule has 0 saturated heterocycles. The number of hydrogen-bond acceptors (Lipinski definition) is 5. The van der Waals surface area contributed by atoms with Gasteiger partial charge < -0.3 is 10.4 Å². The molecular formula is C14H14ClN5O. The lowest BCUT2D eigenvalue weighted by Crippen LogP contribution is -2.36. The van der Waals surface area contributed by atoms with Gasteiger partial charge >= 0.3 is 0 Å². The lowest BCUT2D eigenvalue weighted by molar-refractivity contribution is 0.223. The van der Waals surface area contributed by atoms with Gasteiger partial charge in [-0.25, -0.2) is 0 Å². The average Bonchev–Trinajstić information content (AvgIpc) is 2.96. The molecule has 0 aliphatic rings. The number of halogens is 1. The number of aromatic nitrogens is 4. The summed E-state index contributed by atoms with van der Waals surface area (Å²) >= 11 is 6.00. The van der Waals surface area contributed by atoms with E-state index in [9.17, 15) is 5.11 Å². The Morgan fingerprint density at radius 2 is 2.10 bits per heavy atom. The van der Waals surface area contributed by atoms with Crippen molar-refractivity contribution in [1.29, 1.82) is 0 Å². The van der Waals surface area contributed by atoms with Crippen molar-refractivity contribution in [2.45, 2.75) is 12.5 Å². The van der Waals surface area contributed by atoms with E-state index in [4.69, 9.17) is 11.6 Å². The van der Waals surface area contributed by atoms with E-state index in [-0.39, 0.29) is 6.61 Å². The summed E-state index contributed by atoms with van der Waals surface area (Å²) in [6, 6.07) is 11.3. The minimum absolute atomic E-state index is 0.0901. The summed E-state index contributed by atoms with van der Waals surface area (Å²) in [5, 5.41) is 17.5. The molecule has 2 N–H and O–H groups in total. The van der Waals surface area contributed by atoms with Gasteiger partial charge in [0.05, 0.1) is 12.1 Å². The Balaban J connectivity index is 2.05. The van der Waals surface area contributed by atoms with Crippen LogP contribution in [0.25, 0.3) is 5.78 Å². The molecule has 0 saturated carbocycles. The van der Waals surface area contributed by atoms with Crippen molar-refractivity contribution in [3.05, 3.63) is 53.4 Å². The summed E-state index contributed by atoms with van der Waals surface area (Å²) in [6.07, 6.45) is 1.41. The van der Waals surface area contributed by atoms with E-state index in [1.807, 2.05) is 37.3 Å². The Hall–Kier alpha value is -2.18. The van der Waals surface area contributed by atoms with Crippen LogP contribution in [-0.2, 0) is 5.54 Å². The summed E-state index contributed by atoms with van der Waals surface area (Å²) in [6.45, 7) is 1.81. The average molecular weight is 304 g/mol. The number of aliphatic hydroxyl groups is 1. The maximum absolute atomic E-state index is 9.84. The molecular weight excluding hydrogens is 290 g/mol. The van der Waals surface area contributed by atoms with Crippen LogP contribution in [0, 0.1) is 0 Å². The Morgan fingerprint density at radius 3 is 2.81 bits per heavy atom. The maximum atomic E-state index is 9.84. The van der Waals surface area contributed by atoms with Crippen molar-refractivity contribution in [2.24, 2.45) is 0 Å². The Bertz CT molecular complexity index is 760. The number of benzene rings is 1. The molecule has 2 heterocycles. The molecule has 108 valence electrons. The highest BCUT2D eigenvalue weighted by Crippen LogP contribution is 2.26. The highest BCUT2D eigenvalue weighted by atomic mass is 35.5. The van der Waals surface area contributed by atoms with Gasteiger partial charge in [0.25, 0.3) is 5.78 Å². The molecule has 3 rings (SSSR count). The number of nitrogens with zero attached hydrogens (tertiary/aromatic N) is 4. The van der Waals surface area contributed by atoms with Crippen LogP contribution < -0.4 is 5.32 Å². The Morgan fingerprint density at radius 1 is 1.33 bits per heavy atom. The molecule has 0 fully saturated rings. The summed E-state index contributed by atoms with van der Waals surface area (Å²) < 4.78 is 1.54. The molecule has 1 aromatic carbocycles. The van der Waals surface area contributed by atoms with Gasteiger partial charge in [0.1, 0.15) is 17.3 Å². The number of anilines is 1. The smallest absolute Gasteiger partial charge is 0.255 e. The van der Waals surface area contributed by atoms with Crippen molar-refractivity contribution in [3.8, 4) is 0 Å². The minimum Gasteiger partial charge on any atom is -0.394 e. The number of aliphatic hydroxyl groups excluding tert-OH is 1. The van der Waals surface area contributed by atoms with Gasteiger partial charge in [-0.15, -0.1) is 0 Å². The van der Waals surface area contributed by atoms with Crippen LogP contribution in [-0.4, -0.2) is 31.3 Å². The van der Waals surface area contributed by atoms with Crippen LogP contribution >= 0.6 is 11.6 Å². The van der Waals surface area contributed by atoms with Crippen molar-refractivity contribution < 1.29 is 5.11 Å². The van der Waals surface area contributed by atoms with Gasteiger partial charge in [0, 0.05) is 6.07 Å². The van der Waals surface area contributed by atoms with E-state index < -0.39 is 5.54 Å². The number of nitrogens with one attached hydrogen (secondary N) is 1.